The molecule has 1 aliphatic rings. The molecule has 0 fully saturated rings. The van der Waals surface area contributed by atoms with E-state index in [9.17, 15) is 9.59 Å². The molecule has 3 aromatic rings. The first-order valence-electron chi connectivity index (χ1n) is 10.4. The van der Waals surface area contributed by atoms with E-state index >= 15 is 0 Å². The lowest BCUT2D eigenvalue weighted by molar-refractivity contribution is -0.136. The fraction of sp³-hybridized carbons (Fsp3) is 0.115. The molecule has 3 aromatic carbocycles. The minimum Gasteiger partial charge on any atom is -0.490 e. The Kier molecular flexibility index (Phi) is 6.94. The normalized spacial score (nSPS) is 14.0. The van der Waals surface area contributed by atoms with E-state index in [0.29, 0.717) is 40.0 Å². The van der Waals surface area contributed by atoms with Gasteiger partial charge in [-0.1, -0.05) is 59.2 Å². The topological polar surface area (TPSA) is 94.4 Å². The number of hydrogen-bond donors (Lipinski definition) is 1. The standard InChI is InChI=1S/C26H20ClNO6/c1-2-32-22-14-17(12-20-23(28-34-26(20)31)18-6-4-3-5-7-18)13-21(27)24(22)33-15-16-8-10-19(11-9-16)25(29)30/h3-14H,2,15H2,1H3,(H,29,30)/b20-12-. The number of aromatic carboxylic acids is 1. The zero-order valence-corrected chi connectivity index (χ0v) is 18.9. The molecule has 0 unspecified atom stereocenters. The van der Waals surface area contributed by atoms with Gasteiger partial charge in [-0.25, -0.2) is 9.59 Å². The summed E-state index contributed by atoms with van der Waals surface area (Å²) in [6.07, 6.45) is 1.64. The Morgan fingerprint density at radius 2 is 1.82 bits per heavy atom. The van der Waals surface area contributed by atoms with Crippen LogP contribution in [0, 0.1) is 0 Å². The number of carboxylic acids is 1. The molecule has 8 heteroatoms. The van der Waals surface area contributed by atoms with Crippen molar-refractivity contribution in [3.63, 3.8) is 0 Å². The molecule has 0 saturated carbocycles. The lowest BCUT2D eigenvalue weighted by Crippen LogP contribution is -2.07. The van der Waals surface area contributed by atoms with E-state index in [4.69, 9.17) is 31.0 Å². The number of carbonyl (C=O) groups excluding carboxylic acids is 1. The molecular formula is C26H20ClNO6. The van der Waals surface area contributed by atoms with Gasteiger partial charge in [-0.2, -0.15) is 0 Å². The van der Waals surface area contributed by atoms with Gasteiger partial charge in [-0.15, -0.1) is 0 Å². The van der Waals surface area contributed by atoms with Gasteiger partial charge in [0.2, 0.25) is 0 Å². The number of hydrogen-bond acceptors (Lipinski definition) is 6. The van der Waals surface area contributed by atoms with Gasteiger partial charge in [-0.05, 0) is 48.4 Å². The molecule has 4 rings (SSSR count). The second-order valence-corrected chi connectivity index (χ2v) is 7.70. The Morgan fingerprint density at radius 1 is 1.09 bits per heavy atom. The molecule has 7 nitrogen and oxygen atoms in total. The van der Waals surface area contributed by atoms with Crippen LogP contribution < -0.4 is 9.47 Å². The highest BCUT2D eigenvalue weighted by atomic mass is 35.5. The Hall–Kier alpha value is -4.10. The molecule has 0 aliphatic carbocycles. The van der Waals surface area contributed by atoms with Crippen molar-refractivity contribution >= 4 is 35.3 Å². The van der Waals surface area contributed by atoms with Gasteiger partial charge in [-0.3, -0.25) is 0 Å². The van der Waals surface area contributed by atoms with Crippen LogP contribution in [-0.2, 0) is 16.2 Å². The highest BCUT2D eigenvalue weighted by Gasteiger charge is 2.27. The molecule has 0 saturated heterocycles. The third-order valence-electron chi connectivity index (χ3n) is 4.97. The van der Waals surface area contributed by atoms with E-state index in [0.717, 1.165) is 11.1 Å². The van der Waals surface area contributed by atoms with Crippen LogP contribution in [0.25, 0.3) is 6.08 Å². The first-order chi connectivity index (χ1) is 16.5. The SMILES string of the molecule is CCOc1cc(/C=C2\C(=O)ON=C2c2ccccc2)cc(Cl)c1OCc1ccc(C(=O)O)cc1. The maximum absolute atomic E-state index is 12.3. The molecule has 0 radical (unpaired) electrons. The van der Waals surface area contributed by atoms with E-state index in [1.807, 2.05) is 37.3 Å². The van der Waals surface area contributed by atoms with E-state index in [2.05, 4.69) is 5.16 Å². The lowest BCUT2D eigenvalue weighted by atomic mass is 10.0. The van der Waals surface area contributed by atoms with Crippen LogP contribution in [0.5, 0.6) is 11.5 Å². The van der Waals surface area contributed by atoms with Gasteiger partial charge in [0.25, 0.3) is 0 Å². The van der Waals surface area contributed by atoms with Gasteiger partial charge in [0.1, 0.15) is 12.3 Å². The van der Waals surface area contributed by atoms with Gasteiger partial charge in [0.15, 0.2) is 11.5 Å². The third kappa shape index (κ3) is 5.10. The molecule has 34 heavy (non-hydrogen) atoms. The van der Waals surface area contributed by atoms with Crippen LogP contribution in [0.2, 0.25) is 5.02 Å². The molecule has 1 aliphatic heterocycles. The van der Waals surface area contributed by atoms with Gasteiger partial charge < -0.3 is 19.4 Å². The van der Waals surface area contributed by atoms with E-state index in [-0.39, 0.29) is 12.2 Å². The maximum atomic E-state index is 12.3. The zero-order chi connectivity index (χ0) is 24.1. The predicted molar refractivity (Wildman–Crippen MR) is 127 cm³/mol. The summed E-state index contributed by atoms with van der Waals surface area (Å²) in [7, 11) is 0. The minimum absolute atomic E-state index is 0.164. The number of oxime groups is 1. The number of ether oxygens (including phenoxy) is 2. The van der Waals surface area contributed by atoms with Crippen LogP contribution >= 0.6 is 11.6 Å². The molecule has 0 spiro atoms. The number of carbonyl (C=O) groups is 2. The maximum Gasteiger partial charge on any atom is 0.368 e. The monoisotopic (exact) mass is 477 g/mol. The van der Waals surface area contributed by atoms with Gasteiger partial charge in [0.05, 0.1) is 22.8 Å². The van der Waals surface area contributed by atoms with Crippen molar-refractivity contribution in [2.75, 3.05) is 6.61 Å². The highest BCUT2D eigenvalue weighted by Crippen LogP contribution is 2.38. The second kappa shape index (κ2) is 10.2. The Balaban J connectivity index is 1.61. The predicted octanol–water partition coefficient (Wildman–Crippen LogP) is 5.36. The van der Waals surface area contributed by atoms with Crippen LogP contribution in [0.4, 0.5) is 0 Å². The smallest absolute Gasteiger partial charge is 0.368 e. The minimum atomic E-state index is -0.995. The van der Waals surface area contributed by atoms with Crippen molar-refractivity contribution < 1.29 is 29.0 Å². The van der Waals surface area contributed by atoms with Gasteiger partial charge >= 0.3 is 11.9 Å². The summed E-state index contributed by atoms with van der Waals surface area (Å²) in [5.74, 6) is -0.795. The van der Waals surface area contributed by atoms with Crippen LogP contribution in [0.1, 0.15) is 34.0 Å². The number of benzene rings is 3. The highest BCUT2D eigenvalue weighted by molar-refractivity contribution is 6.33. The summed E-state index contributed by atoms with van der Waals surface area (Å²) < 4.78 is 11.6. The molecule has 172 valence electrons. The number of rotatable bonds is 8. The largest absolute Gasteiger partial charge is 0.490 e. The van der Waals surface area contributed by atoms with Crippen molar-refractivity contribution in [2.24, 2.45) is 5.16 Å². The lowest BCUT2D eigenvalue weighted by Gasteiger charge is -2.15. The molecular weight excluding hydrogens is 458 g/mol. The number of carboxylic acid groups (broad SMARTS) is 1. The third-order valence-corrected chi connectivity index (χ3v) is 5.25. The fourth-order valence-corrected chi connectivity index (χ4v) is 3.63. The first-order valence-corrected chi connectivity index (χ1v) is 10.8. The zero-order valence-electron chi connectivity index (χ0n) is 18.2. The van der Waals surface area contributed by atoms with Crippen molar-refractivity contribution in [2.45, 2.75) is 13.5 Å². The van der Waals surface area contributed by atoms with Crippen molar-refractivity contribution in [1.29, 1.82) is 0 Å². The molecule has 1 heterocycles. The second-order valence-electron chi connectivity index (χ2n) is 7.30. The van der Waals surface area contributed by atoms with Gasteiger partial charge in [0, 0.05) is 5.56 Å². The summed E-state index contributed by atoms with van der Waals surface area (Å²) in [5, 5.41) is 13.2. The fourth-order valence-electron chi connectivity index (χ4n) is 3.35. The summed E-state index contributed by atoms with van der Waals surface area (Å²) in [4.78, 5) is 28.2. The quantitative estimate of drug-likeness (QED) is 0.346. The van der Waals surface area contributed by atoms with Crippen LogP contribution in [0.3, 0.4) is 0 Å². The van der Waals surface area contributed by atoms with Crippen molar-refractivity contribution in [3.05, 3.63) is 99.6 Å². The Morgan fingerprint density at radius 3 is 2.50 bits per heavy atom. The van der Waals surface area contributed by atoms with Crippen molar-refractivity contribution in [1.82, 2.24) is 0 Å². The van der Waals surface area contributed by atoms with Crippen molar-refractivity contribution in [3.8, 4) is 11.5 Å². The van der Waals surface area contributed by atoms with E-state index in [1.165, 1.54) is 12.1 Å². The van der Waals surface area contributed by atoms with Crippen LogP contribution in [-0.4, -0.2) is 29.4 Å². The summed E-state index contributed by atoms with van der Waals surface area (Å²) in [5.41, 5.74) is 3.07. The van der Waals surface area contributed by atoms with E-state index < -0.39 is 11.9 Å². The Bertz CT molecular complexity index is 1280. The Labute approximate surface area is 200 Å². The van der Waals surface area contributed by atoms with Crippen LogP contribution in [0.15, 0.2) is 77.5 Å². The summed E-state index contributed by atoms with van der Waals surface area (Å²) in [6.45, 7) is 2.37. The number of halogens is 1. The number of nitrogens with zero attached hydrogens (tertiary/aromatic N) is 1. The molecule has 0 bridgehead atoms. The average molecular weight is 478 g/mol. The summed E-state index contributed by atoms with van der Waals surface area (Å²) in [6, 6.07) is 19.0. The molecule has 1 N–H and O–H groups in total. The molecule has 0 amide bonds. The summed E-state index contributed by atoms with van der Waals surface area (Å²) >= 11 is 6.52. The average Bonchev–Trinajstić information content (AvgIpc) is 3.19. The van der Waals surface area contributed by atoms with E-state index in [1.54, 1.807) is 30.3 Å². The first kappa shape index (κ1) is 23.1. The molecule has 0 aromatic heterocycles. The molecule has 0 atom stereocenters.